The molecule has 2 saturated heterocycles. The maximum absolute atomic E-state index is 13.7. The van der Waals surface area contributed by atoms with E-state index < -0.39 is 24.2 Å². The molecule has 3 aliphatic heterocycles. The molecule has 2 fully saturated rings. The lowest BCUT2D eigenvalue weighted by Crippen LogP contribution is -2.50. The molecule has 1 aromatic carbocycles. The van der Waals surface area contributed by atoms with Gasteiger partial charge in [-0.3, -0.25) is 4.79 Å². The number of benzene rings is 1. The van der Waals surface area contributed by atoms with Crippen LogP contribution in [0.2, 0.25) is 5.02 Å². The Hall–Kier alpha value is -3.74. The smallest absolute Gasteiger partial charge is 0.415 e. The molecule has 2 aromatic rings. The number of likely N-dealkylation sites (tertiary alicyclic amines) is 1. The van der Waals surface area contributed by atoms with Gasteiger partial charge in [0.2, 0.25) is 6.10 Å². The lowest BCUT2D eigenvalue weighted by atomic mass is 10.1. The van der Waals surface area contributed by atoms with Crippen LogP contribution in [0.3, 0.4) is 0 Å². The first-order valence-electron chi connectivity index (χ1n) is 13.1. The van der Waals surface area contributed by atoms with Gasteiger partial charge in [-0.1, -0.05) is 23.7 Å². The standard InChI is InChI=1S/C26H29ClF3N7O3/c27-18-6-2-3-7-19(18)33-24(39)36-14-12-35(13-15-36)20-9-8-17(16-31-20)32-23(38)21-22(26(28,29)30)34-25(40-21)37-10-4-1-5-11-37/h2-3,6-9,16,21-22H,1,4-5,10-15H2,(H,32,38)(H,33,39). The number of ether oxygens (including phenoxy) is 1. The van der Waals surface area contributed by atoms with Gasteiger partial charge in [-0.2, -0.15) is 13.2 Å². The first-order valence-corrected chi connectivity index (χ1v) is 13.5. The molecule has 3 aliphatic rings. The maximum Gasteiger partial charge on any atom is 0.415 e. The Morgan fingerprint density at radius 1 is 0.925 bits per heavy atom. The summed E-state index contributed by atoms with van der Waals surface area (Å²) < 4.78 is 46.5. The number of carbonyl (C=O) groups excluding carboxylic acids is 2. The molecule has 2 unspecified atom stereocenters. The summed E-state index contributed by atoms with van der Waals surface area (Å²) in [5, 5.41) is 5.74. The normalized spacial score (nSPS) is 21.5. The quantitative estimate of drug-likeness (QED) is 0.563. The molecule has 214 valence electrons. The number of nitrogens with zero attached hydrogens (tertiary/aromatic N) is 5. The number of carbonyl (C=O) groups is 2. The molecule has 0 radical (unpaired) electrons. The Morgan fingerprint density at radius 2 is 1.65 bits per heavy atom. The predicted molar refractivity (Wildman–Crippen MR) is 145 cm³/mol. The Morgan fingerprint density at radius 3 is 2.30 bits per heavy atom. The Balaban J connectivity index is 1.15. The predicted octanol–water partition coefficient (Wildman–Crippen LogP) is 4.20. The number of amidine groups is 1. The minimum Gasteiger partial charge on any atom is -0.449 e. The number of hydrogen-bond donors (Lipinski definition) is 2. The third-order valence-electron chi connectivity index (χ3n) is 7.01. The SMILES string of the molecule is O=C(Nc1ccc(N2CCN(C(=O)Nc3ccccc3Cl)CC2)nc1)C1OC(N2CCCCC2)=NC1C(F)(F)F. The second-order valence-corrected chi connectivity index (χ2v) is 10.2. The third-order valence-corrected chi connectivity index (χ3v) is 7.34. The van der Waals surface area contributed by atoms with E-state index in [1.165, 1.54) is 6.20 Å². The van der Waals surface area contributed by atoms with Gasteiger partial charge in [0.05, 0.1) is 22.6 Å². The van der Waals surface area contributed by atoms with Gasteiger partial charge >= 0.3 is 12.2 Å². The van der Waals surface area contributed by atoms with Crippen molar-refractivity contribution in [2.75, 3.05) is 54.8 Å². The molecule has 10 nitrogen and oxygen atoms in total. The zero-order chi connectivity index (χ0) is 28.3. The van der Waals surface area contributed by atoms with Gasteiger partial charge in [-0.15, -0.1) is 0 Å². The Bertz CT molecular complexity index is 1250. The van der Waals surface area contributed by atoms with Gasteiger partial charge in [-0.05, 0) is 43.5 Å². The number of piperazine rings is 1. The lowest BCUT2D eigenvalue weighted by Gasteiger charge is -2.35. The van der Waals surface area contributed by atoms with Crippen molar-refractivity contribution >= 4 is 46.8 Å². The van der Waals surface area contributed by atoms with Crippen LogP contribution < -0.4 is 15.5 Å². The van der Waals surface area contributed by atoms with Gasteiger partial charge in [0.1, 0.15) is 5.82 Å². The van der Waals surface area contributed by atoms with Gasteiger partial charge in [-0.25, -0.2) is 14.8 Å². The number of urea groups is 1. The van der Waals surface area contributed by atoms with Crippen molar-refractivity contribution in [3.63, 3.8) is 0 Å². The van der Waals surface area contributed by atoms with Gasteiger partial charge in [0, 0.05) is 39.3 Å². The average Bonchev–Trinajstić information content (AvgIpc) is 3.42. The van der Waals surface area contributed by atoms with E-state index in [0.29, 0.717) is 55.8 Å². The number of halogens is 4. The van der Waals surface area contributed by atoms with Crippen molar-refractivity contribution in [1.82, 2.24) is 14.8 Å². The average molecular weight is 580 g/mol. The number of aromatic nitrogens is 1. The van der Waals surface area contributed by atoms with Gasteiger partial charge in [0.25, 0.3) is 11.9 Å². The number of aliphatic imine (C=N–C) groups is 1. The Kier molecular flexibility index (Phi) is 8.19. The van der Waals surface area contributed by atoms with Crippen LogP contribution in [0, 0.1) is 0 Å². The molecular weight excluding hydrogens is 551 g/mol. The van der Waals surface area contributed by atoms with Crippen LogP contribution >= 0.6 is 11.6 Å². The summed E-state index contributed by atoms with van der Waals surface area (Å²) in [5.41, 5.74) is 0.775. The summed E-state index contributed by atoms with van der Waals surface area (Å²) in [6.07, 6.45) is -2.51. The molecule has 40 heavy (non-hydrogen) atoms. The number of nitrogens with one attached hydrogen (secondary N) is 2. The first-order chi connectivity index (χ1) is 19.2. The van der Waals surface area contributed by atoms with Crippen molar-refractivity contribution in [3.8, 4) is 0 Å². The lowest BCUT2D eigenvalue weighted by molar-refractivity contribution is -0.165. The van der Waals surface area contributed by atoms with E-state index in [2.05, 4.69) is 20.6 Å². The molecule has 14 heteroatoms. The molecular formula is C26H29ClF3N7O3. The zero-order valence-corrected chi connectivity index (χ0v) is 22.3. The van der Waals surface area contributed by atoms with Crippen molar-refractivity contribution in [3.05, 3.63) is 47.6 Å². The van der Waals surface area contributed by atoms with Crippen LogP contribution in [0.5, 0.6) is 0 Å². The number of anilines is 3. The highest BCUT2D eigenvalue weighted by Gasteiger charge is 2.54. The molecule has 0 aliphatic carbocycles. The number of alkyl halides is 3. The molecule has 1 aromatic heterocycles. The van der Waals surface area contributed by atoms with Crippen LogP contribution in [-0.4, -0.2) is 90.3 Å². The minimum atomic E-state index is -4.73. The van der Waals surface area contributed by atoms with Crippen molar-refractivity contribution < 1.29 is 27.5 Å². The summed E-state index contributed by atoms with van der Waals surface area (Å²) in [4.78, 5) is 38.8. The van der Waals surface area contributed by atoms with Gasteiger partial charge in [0.15, 0.2) is 6.04 Å². The van der Waals surface area contributed by atoms with E-state index in [4.69, 9.17) is 16.3 Å². The molecule has 0 spiro atoms. The Labute approximate surface area is 234 Å². The van der Waals surface area contributed by atoms with Crippen molar-refractivity contribution in [2.45, 2.75) is 37.6 Å². The minimum absolute atomic E-state index is 0.129. The van der Waals surface area contributed by atoms with Crippen LogP contribution in [-0.2, 0) is 9.53 Å². The van der Waals surface area contributed by atoms with Gasteiger partial charge < -0.3 is 30.1 Å². The van der Waals surface area contributed by atoms with Crippen LogP contribution in [0.1, 0.15) is 19.3 Å². The highest BCUT2D eigenvalue weighted by molar-refractivity contribution is 6.33. The summed E-state index contributed by atoms with van der Waals surface area (Å²) in [6, 6.07) is 7.57. The molecule has 2 atom stereocenters. The van der Waals surface area contributed by atoms with E-state index in [-0.39, 0.29) is 17.7 Å². The monoisotopic (exact) mass is 579 g/mol. The number of piperidine rings is 1. The summed E-state index contributed by atoms with van der Waals surface area (Å²) in [6.45, 7) is 3.04. The highest BCUT2D eigenvalue weighted by atomic mass is 35.5. The van der Waals surface area contributed by atoms with E-state index in [1.54, 1.807) is 46.2 Å². The van der Waals surface area contributed by atoms with E-state index >= 15 is 0 Å². The molecule has 3 amide bonds. The number of pyridine rings is 1. The number of hydrogen-bond acceptors (Lipinski definition) is 7. The summed E-state index contributed by atoms with van der Waals surface area (Å²) >= 11 is 6.12. The molecule has 4 heterocycles. The maximum atomic E-state index is 13.7. The molecule has 0 bridgehead atoms. The summed E-state index contributed by atoms with van der Waals surface area (Å²) in [5.74, 6) is -0.323. The van der Waals surface area contributed by atoms with Crippen molar-refractivity contribution in [2.24, 2.45) is 4.99 Å². The number of amides is 3. The van der Waals surface area contributed by atoms with E-state index in [1.807, 2.05) is 4.90 Å². The van der Waals surface area contributed by atoms with Crippen LogP contribution in [0.15, 0.2) is 47.6 Å². The number of rotatable bonds is 4. The second kappa shape index (κ2) is 11.8. The van der Waals surface area contributed by atoms with Crippen LogP contribution in [0.4, 0.5) is 35.2 Å². The van der Waals surface area contributed by atoms with Crippen molar-refractivity contribution in [1.29, 1.82) is 0 Å². The topological polar surface area (TPSA) is 102 Å². The number of para-hydroxylation sites is 1. The van der Waals surface area contributed by atoms with E-state index in [9.17, 15) is 22.8 Å². The summed E-state index contributed by atoms with van der Waals surface area (Å²) in [7, 11) is 0. The molecule has 5 rings (SSSR count). The second-order valence-electron chi connectivity index (χ2n) is 9.76. The fourth-order valence-corrected chi connectivity index (χ4v) is 5.02. The zero-order valence-electron chi connectivity index (χ0n) is 21.5. The van der Waals surface area contributed by atoms with Crippen LogP contribution in [0.25, 0.3) is 0 Å². The third kappa shape index (κ3) is 6.35. The van der Waals surface area contributed by atoms with E-state index in [0.717, 1.165) is 19.3 Å². The first kappa shape index (κ1) is 27.8. The molecule has 2 N–H and O–H groups in total. The largest absolute Gasteiger partial charge is 0.449 e. The highest BCUT2D eigenvalue weighted by Crippen LogP contribution is 2.32. The fourth-order valence-electron chi connectivity index (χ4n) is 4.83. The fraction of sp³-hybridized carbons (Fsp3) is 0.462. The molecule has 0 saturated carbocycles.